The third kappa shape index (κ3) is 3.20. The molecule has 1 amide bonds. The van der Waals surface area contributed by atoms with E-state index in [2.05, 4.69) is 23.5 Å². The zero-order chi connectivity index (χ0) is 13.0. The molecule has 0 atom stereocenters. The Morgan fingerprint density at radius 3 is 2.44 bits per heavy atom. The normalized spacial score (nSPS) is 10.1. The predicted molar refractivity (Wildman–Crippen MR) is 74.7 cm³/mol. The van der Waals surface area contributed by atoms with Gasteiger partial charge in [-0.2, -0.15) is 0 Å². The maximum absolute atomic E-state index is 11.1. The number of hydrogen-bond acceptors (Lipinski definition) is 1. The lowest BCUT2D eigenvalue weighted by Gasteiger charge is -2.09. The van der Waals surface area contributed by atoms with Crippen molar-refractivity contribution in [3.8, 4) is 0 Å². The third-order valence-corrected chi connectivity index (χ3v) is 2.86. The van der Waals surface area contributed by atoms with Crippen LogP contribution in [-0.2, 0) is 11.2 Å². The quantitative estimate of drug-likeness (QED) is 0.872. The van der Waals surface area contributed by atoms with E-state index in [1.165, 1.54) is 18.1 Å². The van der Waals surface area contributed by atoms with Crippen molar-refractivity contribution in [3.63, 3.8) is 0 Å². The highest BCUT2D eigenvalue weighted by atomic mass is 16.1. The Bertz CT molecular complexity index is 546. The zero-order valence-corrected chi connectivity index (χ0v) is 10.7. The minimum atomic E-state index is -0.0324. The summed E-state index contributed by atoms with van der Waals surface area (Å²) in [5.41, 5.74) is 4.46. The Morgan fingerprint density at radius 2 is 1.78 bits per heavy atom. The number of amides is 1. The van der Waals surface area contributed by atoms with Gasteiger partial charge in [0, 0.05) is 12.6 Å². The van der Waals surface area contributed by atoms with Crippen LogP contribution in [0.2, 0.25) is 0 Å². The van der Waals surface area contributed by atoms with Gasteiger partial charge in [0.15, 0.2) is 0 Å². The van der Waals surface area contributed by atoms with E-state index in [9.17, 15) is 4.79 Å². The van der Waals surface area contributed by atoms with E-state index in [0.717, 1.165) is 17.7 Å². The molecule has 2 rings (SSSR count). The molecule has 2 nitrogen and oxygen atoms in total. The van der Waals surface area contributed by atoms with E-state index in [1.54, 1.807) is 0 Å². The van der Waals surface area contributed by atoms with Crippen LogP contribution in [0.25, 0.3) is 0 Å². The monoisotopic (exact) mass is 239 g/mol. The third-order valence-electron chi connectivity index (χ3n) is 2.86. The molecular formula is C16H17NO. The van der Waals surface area contributed by atoms with Gasteiger partial charge < -0.3 is 5.32 Å². The first kappa shape index (κ1) is 12.4. The summed E-state index contributed by atoms with van der Waals surface area (Å²) in [6.07, 6.45) is 0.883. The van der Waals surface area contributed by atoms with Gasteiger partial charge >= 0.3 is 0 Å². The topological polar surface area (TPSA) is 29.1 Å². The highest BCUT2D eigenvalue weighted by Crippen LogP contribution is 2.19. The molecule has 2 aromatic rings. The van der Waals surface area contributed by atoms with Crippen molar-refractivity contribution < 1.29 is 4.79 Å². The Morgan fingerprint density at radius 1 is 1.06 bits per heavy atom. The summed E-state index contributed by atoms with van der Waals surface area (Å²) in [5, 5.41) is 2.86. The number of aryl methyl sites for hydroxylation is 1. The van der Waals surface area contributed by atoms with Gasteiger partial charge in [0.25, 0.3) is 0 Å². The van der Waals surface area contributed by atoms with Gasteiger partial charge in [0.05, 0.1) is 0 Å². The minimum absolute atomic E-state index is 0.0324. The van der Waals surface area contributed by atoms with Crippen LogP contribution in [0.3, 0.4) is 0 Å². The van der Waals surface area contributed by atoms with E-state index < -0.39 is 0 Å². The van der Waals surface area contributed by atoms with E-state index in [4.69, 9.17) is 0 Å². The molecule has 1 N–H and O–H groups in total. The second kappa shape index (κ2) is 5.50. The number of anilines is 1. The fraction of sp³-hybridized carbons (Fsp3) is 0.188. The number of rotatable bonds is 3. The molecule has 0 spiro atoms. The van der Waals surface area contributed by atoms with Crippen molar-refractivity contribution in [2.24, 2.45) is 0 Å². The lowest BCUT2D eigenvalue weighted by atomic mass is 10.0. The SMILES string of the molecule is CC(=O)Nc1cc(Cc2ccccc2)ccc1C. The molecule has 0 unspecified atom stereocenters. The van der Waals surface area contributed by atoms with Crippen LogP contribution in [0.5, 0.6) is 0 Å². The van der Waals surface area contributed by atoms with Gasteiger partial charge in [0.1, 0.15) is 0 Å². The second-order valence-electron chi connectivity index (χ2n) is 4.49. The van der Waals surface area contributed by atoms with Crippen molar-refractivity contribution in [2.75, 3.05) is 5.32 Å². The smallest absolute Gasteiger partial charge is 0.221 e. The first-order valence-electron chi connectivity index (χ1n) is 6.06. The molecule has 0 bridgehead atoms. The first-order chi connectivity index (χ1) is 8.65. The van der Waals surface area contributed by atoms with Crippen LogP contribution < -0.4 is 5.32 Å². The molecule has 0 aliphatic heterocycles. The average molecular weight is 239 g/mol. The van der Waals surface area contributed by atoms with Gasteiger partial charge in [-0.05, 0) is 36.1 Å². The Labute approximate surface area is 108 Å². The molecular weight excluding hydrogens is 222 g/mol. The maximum atomic E-state index is 11.1. The van der Waals surface area contributed by atoms with Crippen molar-refractivity contribution >= 4 is 11.6 Å². The van der Waals surface area contributed by atoms with Crippen molar-refractivity contribution in [3.05, 3.63) is 65.2 Å². The van der Waals surface area contributed by atoms with Crippen LogP contribution in [0.4, 0.5) is 5.69 Å². The number of hydrogen-bond donors (Lipinski definition) is 1. The molecule has 18 heavy (non-hydrogen) atoms. The van der Waals surface area contributed by atoms with Crippen molar-refractivity contribution in [2.45, 2.75) is 20.3 Å². The van der Waals surface area contributed by atoms with Crippen LogP contribution in [0, 0.1) is 6.92 Å². The molecule has 0 aromatic heterocycles. The number of carbonyl (C=O) groups is 1. The van der Waals surface area contributed by atoms with Crippen molar-refractivity contribution in [1.82, 2.24) is 0 Å². The molecule has 0 radical (unpaired) electrons. The fourth-order valence-electron chi connectivity index (χ4n) is 1.93. The predicted octanol–water partition coefficient (Wildman–Crippen LogP) is 3.54. The van der Waals surface area contributed by atoms with Gasteiger partial charge in [-0.15, -0.1) is 0 Å². The lowest BCUT2D eigenvalue weighted by Crippen LogP contribution is -2.07. The van der Waals surface area contributed by atoms with Crippen LogP contribution in [0.15, 0.2) is 48.5 Å². The average Bonchev–Trinajstić information content (AvgIpc) is 2.34. The van der Waals surface area contributed by atoms with Gasteiger partial charge in [-0.3, -0.25) is 4.79 Å². The van der Waals surface area contributed by atoms with Crippen LogP contribution >= 0.6 is 0 Å². The zero-order valence-electron chi connectivity index (χ0n) is 10.7. The molecule has 2 heteroatoms. The molecule has 0 aliphatic carbocycles. The lowest BCUT2D eigenvalue weighted by molar-refractivity contribution is -0.114. The molecule has 2 aromatic carbocycles. The van der Waals surface area contributed by atoms with Gasteiger partial charge in [0.2, 0.25) is 5.91 Å². The van der Waals surface area contributed by atoms with E-state index in [-0.39, 0.29) is 5.91 Å². The molecule has 0 saturated carbocycles. The Balaban J connectivity index is 2.22. The second-order valence-corrected chi connectivity index (χ2v) is 4.49. The minimum Gasteiger partial charge on any atom is -0.326 e. The Kier molecular flexibility index (Phi) is 3.78. The summed E-state index contributed by atoms with van der Waals surface area (Å²) in [6.45, 7) is 3.53. The van der Waals surface area contributed by atoms with Crippen molar-refractivity contribution in [1.29, 1.82) is 0 Å². The number of carbonyl (C=O) groups excluding carboxylic acids is 1. The van der Waals surface area contributed by atoms with E-state index >= 15 is 0 Å². The fourth-order valence-corrected chi connectivity index (χ4v) is 1.93. The summed E-state index contributed by atoms with van der Waals surface area (Å²) in [5.74, 6) is -0.0324. The standard InChI is InChI=1S/C16H17NO/c1-12-8-9-15(11-16(12)17-13(2)18)10-14-6-4-3-5-7-14/h3-9,11H,10H2,1-2H3,(H,17,18). The summed E-state index contributed by atoms with van der Waals surface area (Å²) in [7, 11) is 0. The number of benzene rings is 2. The summed E-state index contributed by atoms with van der Waals surface area (Å²) in [4.78, 5) is 11.1. The summed E-state index contributed by atoms with van der Waals surface area (Å²) < 4.78 is 0. The number of nitrogens with one attached hydrogen (secondary N) is 1. The van der Waals surface area contributed by atoms with E-state index in [1.807, 2.05) is 37.3 Å². The largest absolute Gasteiger partial charge is 0.326 e. The highest BCUT2D eigenvalue weighted by Gasteiger charge is 2.03. The molecule has 0 heterocycles. The van der Waals surface area contributed by atoms with Crippen LogP contribution in [-0.4, -0.2) is 5.91 Å². The highest BCUT2D eigenvalue weighted by molar-refractivity contribution is 5.89. The molecule has 0 fully saturated rings. The summed E-state index contributed by atoms with van der Waals surface area (Å²) >= 11 is 0. The molecule has 0 saturated heterocycles. The first-order valence-corrected chi connectivity index (χ1v) is 6.06. The van der Waals surface area contributed by atoms with E-state index in [0.29, 0.717) is 0 Å². The summed E-state index contributed by atoms with van der Waals surface area (Å²) in [6, 6.07) is 16.5. The Hall–Kier alpha value is -2.09. The van der Waals surface area contributed by atoms with Gasteiger partial charge in [-0.25, -0.2) is 0 Å². The molecule has 0 aliphatic rings. The molecule has 92 valence electrons. The maximum Gasteiger partial charge on any atom is 0.221 e. The van der Waals surface area contributed by atoms with Crippen LogP contribution in [0.1, 0.15) is 23.6 Å². The van der Waals surface area contributed by atoms with Gasteiger partial charge in [-0.1, -0.05) is 42.5 Å².